The Hall–Kier alpha value is -1.47. The third-order valence-electron chi connectivity index (χ3n) is 2.55. The lowest BCUT2D eigenvalue weighted by Gasteiger charge is -2.11. The lowest BCUT2D eigenvalue weighted by atomic mass is 10.1. The molecule has 17 heavy (non-hydrogen) atoms. The molecule has 0 aromatic heterocycles. The third-order valence-corrected chi connectivity index (χ3v) is 2.86. The molecule has 0 unspecified atom stereocenters. The van der Waals surface area contributed by atoms with Crippen molar-refractivity contribution in [2.45, 2.75) is 19.8 Å². The SMILES string of the molecule is CCCc1ccccc1Oc1ccccc1Cl. The van der Waals surface area contributed by atoms with Crippen LogP contribution in [-0.2, 0) is 6.42 Å². The first-order valence-corrected chi connectivity index (χ1v) is 6.19. The molecular weight excluding hydrogens is 232 g/mol. The smallest absolute Gasteiger partial charge is 0.146 e. The van der Waals surface area contributed by atoms with Crippen LogP contribution in [0.15, 0.2) is 48.5 Å². The highest BCUT2D eigenvalue weighted by molar-refractivity contribution is 6.32. The summed E-state index contributed by atoms with van der Waals surface area (Å²) in [6.45, 7) is 2.16. The van der Waals surface area contributed by atoms with Crippen molar-refractivity contribution in [3.05, 3.63) is 59.1 Å². The summed E-state index contributed by atoms with van der Waals surface area (Å²) < 4.78 is 5.86. The van der Waals surface area contributed by atoms with Gasteiger partial charge >= 0.3 is 0 Å². The Morgan fingerprint density at radius 2 is 1.59 bits per heavy atom. The van der Waals surface area contributed by atoms with Crippen LogP contribution in [0.5, 0.6) is 11.5 Å². The van der Waals surface area contributed by atoms with E-state index < -0.39 is 0 Å². The molecule has 2 aromatic rings. The molecule has 0 radical (unpaired) electrons. The fourth-order valence-electron chi connectivity index (χ4n) is 1.73. The molecule has 0 fully saturated rings. The minimum Gasteiger partial charge on any atom is -0.456 e. The fraction of sp³-hybridized carbons (Fsp3) is 0.200. The molecule has 2 rings (SSSR count). The van der Waals surface area contributed by atoms with Crippen LogP contribution in [0.3, 0.4) is 0 Å². The highest BCUT2D eigenvalue weighted by Gasteiger charge is 2.05. The second-order valence-electron chi connectivity index (χ2n) is 3.89. The molecule has 0 spiro atoms. The number of para-hydroxylation sites is 2. The van der Waals surface area contributed by atoms with Gasteiger partial charge in [0.1, 0.15) is 11.5 Å². The van der Waals surface area contributed by atoms with Gasteiger partial charge in [0, 0.05) is 0 Å². The second kappa shape index (κ2) is 5.74. The van der Waals surface area contributed by atoms with Gasteiger partial charge in [0.15, 0.2) is 0 Å². The maximum absolute atomic E-state index is 6.08. The van der Waals surface area contributed by atoms with Crippen molar-refractivity contribution in [1.29, 1.82) is 0 Å². The molecule has 0 N–H and O–H groups in total. The largest absolute Gasteiger partial charge is 0.456 e. The van der Waals surface area contributed by atoms with Crippen LogP contribution in [-0.4, -0.2) is 0 Å². The first kappa shape index (κ1) is 12.0. The average molecular weight is 247 g/mol. The highest BCUT2D eigenvalue weighted by Crippen LogP contribution is 2.31. The van der Waals surface area contributed by atoms with Gasteiger partial charge in [-0.25, -0.2) is 0 Å². The molecule has 0 saturated carbocycles. The van der Waals surface area contributed by atoms with E-state index in [0.717, 1.165) is 18.6 Å². The van der Waals surface area contributed by atoms with E-state index in [2.05, 4.69) is 13.0 Å². The number of rotatable bonds is 4. The van der Waals surface area contributed by atoms with E-state index in [1.54, 1.807) is 0 Å². The van der Waals surface area contributed by atoms with Gasteiger partial charge in [-0.2, -0.15) is 0 Å². The van der Waals surface area contributed by atoms with Crippen LogP contribution in [0.2, 0.25) is 5.02 Å². The van der Waals surface area contributed by atoms with Crippen molar-refractivity contribution in [3.8, 4) is 11.5 Å². The minimum absolute atomic E-state index is 0.638. The van der Waals surface area contributed by atoms with Crippen LogP contribution < -0.4 is 4.74 Å². The summed E-state index contributed by atoms with van der Waals surface area (Å²) >= 11 is 6.08. The summed E-state index contributed by atoms with van der Waals surface area (Å²) in [5, 5.41) is 0.638. The van der Waals surface area contributed by atoms with Gasteiger partial charge in [0.25, 0.3) is 0 Å². The average Bonchev–Trinajstić information content (AvgIpc) is 2.35. The van der Waals surface area contributed by atoms with Crippen molar-refractivity contribution >= 4 is 11.6 Å². The van der Waals surface area contributed by atoms with E-state index in [4.69, 9.17) is 16.3 Å². The summed E-state index contributed by atoms with van der Waals surface area (Å²) in [7, 11) is 0. The first-order chi connectivity index (χ1) is 8.31. The molecule has 1 nitrogen and oxygen atoms in total. The summed E-state index contributed by atoms with van der Waals surface area (Å²) in [6, 6.07) is 15.6. The predicted octanol–water partition coefficient (Wildman–Crippen LogP) is 5.08. The molecule has 0 saturated heterocycles. The van der Waals surface area contributed by atoms with E-state index >= 15 is 0 Å². The topological polar surface area (TPSA) is 9.23 Å². The standard InChI is InChI=1S/C15H15ClO/c1-2-7-12-8-3-5-10-14(12)17-15-11-6-4-9-13(15)16/h3-6,8-11H,2,7H2,1H3. The number of ether oxygens (including phenoxy) is 1. The Morgan fingerprint density at radius 3 is 2.29 bits per heavy atom. The summed E-state index contributed by atoms with van der Waals surface area (Å²) in [6.07, 6.45) is 2.11. The Labute approximate surface area is 107 Å². The van der Waals surface area contributed by atoms with Crippen molar-refractivity contribution < 1.29 is 4.74 Å². The van der Waals surface area contributed by atoms with Gasteiger partial charge in [-0.3, -0.25) is 0 Å². The van der Waals surface area contributed by atoms with Crippen molar-refractivity contribution in [2.24, 2.45) is 0 Å². The number of hydrogen-bond donors (Lipinski definition) is 0. The molecule has 0 aliphatic rings. The fourth-order valence-corrected chi connectivity index (χ4v) is 1.90. The van der Waals surface area contributed by atoms with E-state index in [9.17, 15) is 0 Å². The van der Waals surface area contributed by atoms with E-state index in [1.807, 2.05) is 42.5 Å². The van der Waals surface area contributed by atoms with Crippen molar-refractivity contribution in [1.82, 2.24) is 0 Å². The van der Waals surface area contributed by atoms with Crippen LogP contribution in [0.1, 0.15) is 18.9 Å². The summed E-state index contributed by atoms with van der Waals surface area (Å²) in [4.78, 5) is 0. The molecular formula is C15H15ClO. The maximum atomic E-state index is 6.08. The first-order valence-electron chi connectivity index (χ1n) is 5.81. The third kappa shape index (κ3) is 3.01. The quantitative estimate of drug-likeness (QED) is 0.731. The van der Waals surface area contributed by atoms with Crippen molar-refractivity contribution in [2.75, 3.05) is 0 Å². The van der Waals surface area contributed by atoms with E-state index in [0.29, 0.717) is 10.8 Å². The van der Waals surface area contributed by atoms with Gasteiger partial charge in [0.05, 0.1) is 5.02 Å². The Balaban J connectivity index is 2.27. The molecule has 0 bridgehead atoms. The zero-order valence-electron chi connectivity index (χ0n) is 9.82. The molecule has 0 amide bonds. The zero-order valence-corrected chi connectivity index (χ0v) is 10.6. The Bertz CT molecular complexity index is 494. The van der Waals surface area contributed by atoms with Crippen molar-refractivity contribution in [3.63, 3.8) is 0 Å². The molecule has 88 valence electrons. The Kier molecular flexibility index (Phi) is 4.05. The molecule has 2 aromatic carbocycles. The van der Waals surface area contributed by atoms with Crippen LogP contribution in [0, 0.1) is 0 Å². The lowest BCUT2D eigenvalue weighted by molar-refractivity contribution is 0.476. The number of hydrogen-bond acceptors (Lipinski definition) is 1. The zero-order chi connectivity index (χ0) is 12.1. The Morgan fingerprint density at radius 1 is 0.941 bits per heavy atom. The summed E-state index contributed by atoms with van der Waals surface area (Å²) in [5.74, 6) is 1.60. The molecule has 0 aliphatic carbocycles. The highest BCUT2D eigenvalue weighted by atomic mass is 35.5. The number of benzene rings is 2. The van der Waals surface area contributed by atoms with Crippen LogP contribution in [0.4, 0.5) is 0 Å². The lowest BCUT2D eigenvalue weighted by Crippen LogP contribution is -1.91. The van der Waals surface area contributed by atoms with Crippen LogP contribution in [0.25, 0.3) is 0 Å². The van der Waals surface area contributed by atoms with Gasteiger partial charge in [-0.05, 0) is 30.2 Å². The molecule has 2 heteroatoms. The number of aryl methyl sites for hydroxylation is 1. The van der Waals surface area contributed by atoms with Gasteiger partial charge in [-0.1, -0.05) is 55.3 Å². The van der Waals surface area contributed by atoms with E-state index in [1.165, 1.54) is 5.56 Å². The molecule has 0 heterocycles. The second-order valence-corrected chi connectivity index (χ2v) is 4.30. The minimum atomic E-state index is 0.638. The normalized spacial score (nSPS) is 10.2. The molecule has 0 aliphatic heterocycles. The maximum Gasteiger partial charge on any atom is 0.146 e. The number of halogens is 1. The van der Waals surface area contributed by atoms with E-state index in [-0.39, 0.29) is 0 Å². The van der Waals surface area contributed by atoms with Crippen LogP contribution >= 0.6 is 11.6 Å². The van der Waals surface area contributed by atoms with Gasteiger partial charge < -0.3 is 4.74 Å². The summed E-state index contributed by atoms with van der Waals surface area (Å²) in [5.41, 5.74) is 1.22. The monoisotopic (exact) mass is 246 g/mol. The molecule has 0 atom stereocenters. The van der Waals surface area contributed by atoms with Gasteiger partial charge in [-0.15, -0.1) is 0 Å². The predicted molar refractivity (Wildman–Crippen MR) is 72.0 cm³/mol. The van der Waals surface area contributed by atoms with Gasteiger partial charge in [0.2, 0.25) is 0 Å².